The van der Waals surface area contributed by atoms with Crippen molar-refractivity contribution in [3.8, 4) is 0 Å². The first-order valence-electron chi connectivity index (χ1n) is 8.92. The number of halogens is 3. The predicted molar refractivity (Wildman–Crippen MR) is 90.4 cm³/mol. The summed E-state index contributed by atoms with van der Waals surface area (Å²) < 4.78 is 43.7. The normalized spacial score (nSPS) is 25.1. The first kappa shape index (κ1) is 18.7. The molecule has 4 rings (SSSR count). The second-order valence-electron chi connectivity index (χ2n) is 7.17. The minimum absolute atomic E-state index is 0.00403. The number of aromatic nitrogens is 2. The molecule has 1 unspecified atom stereocenters. The molecule has 2 aliphatic rings. The summed E-state index contributed by atoms with van der Waals surface area (Å²) in [5, 5.41) is 0.248. The molecule has 0 amide bonds. The van der Waals surface area contributed by atoms with Crippen LogP contribution in [0.25, 0.3) is 11.0 Å². The van der Waals surface area contributed by atoms with Crippen LogP contribution < -0.4 is 4.84 Å². The van der Waals surface area contributed by atoms with Crippen molar-refractivity contribution in [1.82, 2.24) is 14.6 Å². The highest BCUT2D eigenvalue weighted by molar-refractivity contribution is 6.03. The molecule has 10 heteroatoms. The number of piperidine rings is 1. The van der Waals surface area contributed by atoms with Gasteiger partial charge >= 0.3 is 18.1 Å². The molecule has 0 aromatic carbocycles. The Morgan fingerprint density at radius 2 is 1.89 bits per heavy atom. The van der Waals surface area contributed by atoms with Crippen LogP contribution in [0.2, 0.25) is 0 Å². The van der Waals surface area contributed by atoms with Crippen LogP contribution in [0.5, 0.6) is 0 Å². The topological polar surface area (TPSA) is 73.7 Å². The van der Waals surface area contributed by atoms with E-state index in [0.717, 1.165) is 31.9 Å². The van der Waals surface area contributed by atoms with Crippen molar-refractivity contribution in [2.45, 2.75) is 50.0 Å². The Balaban J connectivity index is 1.57. The Morgan fingerprint density at radius 1 is 1.21 bits per heavy atom. The molecule has 2 bridgehead atoms. The summed E-state index contributed by atoms with van der Waals surface area (Å²) in [7, 11) is 2.06. The van der Waals surface area contributed by atoms with E-state index in [2.05, 4.69) is 21.8 Å². The van der Waals surface area contributed by atoms with Crippen LogP contribution in [0.4, 0.5) is 13.2 Å². The van der Waals surface area contributed by atoms with Crippen molar-refractivity contribution in [2.75, 3.05) is 7.05 Å². The second-order valence-corrected chi connectivity index (χ2v) is 7.17. The lowest BCUT2D eigenvalue weighted by atomic mass is 10.0. The maximum Gasteiger partial charge on any atom is 0.493 e. The molecule has 2 fully saturated rings. The fourth-order valence-electron chi connectivity index (χ4n) is 4.08. The fourth-order valence-corrected chi connectivity index (χ4v) is 4.08. The average Bonchev–Trinajstić information content (AvgIpc) is 3.07. The Morgan fingerprint density at radius 3 is 2.54 bits per heavy atom. The van der Waals surface area contributed by atoms with Crippen molar-refractivity contribution >= 4 is 23.0 Å². The highest BCUT2D eigenvalue weighted by Crippen LogP contribution is 2.36. The van der Waals surface area contributed by atoms with Crippen LogP contribution in [-0.2, 0) is 9.53 Å². The molecule has 4 heterocycles. The Kier molecular flexibility index (Phi) is 4.53. The number of carbonyl (C=O) groups is 2. The summed E-state index contributed by atoms with van der Waals surface area (Å²) in [5.41, 5.74) is -0.0696. The fraction of sp³-hybridized carbons (Fsp3) is 0.500. The van der Waals surface area contributed by atoms with Gasteiger partial charge in [0, 0.05) is 36.5 Å². The van der Waals surface area contributed by atoms with E-state index in [0.29, 0.717) is 16.8 Å². The SMILES string of the molecule is CN1[C@@H]2CC[C@H]1CC(OC(=O)c1cn(OC(=O)C(F)(F)F)c3ncccc13)C2. The van der Waals surface area contributed by atoms with Gasteiger partial charge in [0.2, 0.25) is 0 Å². The molecule has 2 aromatic rings. The minimum Gasteiger partial charge on any atom is -0.459 e. The van der Waals surface area contributed by atoms with Gasteiger partial charge in [-0.2, -0.15) is 17.9 Å². The number of hydrogen-bond acceptors (Lipinski definition) is 6. The summed E-state index contributed by atoms with van der Waals surface area (Å²) in [6, 6.07) is 3.78. The predicted octanol–water partition coefficient (Wildman–Crippen LogP) is 2.34. The Bertz CT molecular complexity index is 912. The van der Waals surface area contributed by atoms with Crippen molar-refractivity contribution in [2.24, 2.45) is 0 Å². The first-order chi connectivity index (χ1) is 13.2. The molecule has 0 radical (unpaired) electrons. The van der Waals surface area contributed by atoms with Gasteiger partial charge in [-0.25, -0.2) is 14.6 Å². The number of nitrogens with zero attached hydrogens (tertiary/aromatic N) is 3. The average molecular weight is 397 g/mol. The zero-order chi connectivity index (χ0) is 20.1. The first-order valence-corrected chi connectivity index (χ1v) is 8.92. The van der Waals surface area contributed by atoms with Crippen molar-refractivity contribution < 1.29 is 32.3 Å². The third kappa shape index (κ3) is 3.32. The molecule has 7 nitrogen and oxygen atoms in total. The molecule has 2 saturated heterocycles. The maximum absolute atomic E-state index is 12.7. The smallest absolute Gasteiger partial charge is 0.459 e. The monoisotopic (exact) mass is 397 g/mol. The second kappa shape index (κ2) is 6.77. The van der Waals surface area contributed by atoms with Crippen LogP contribution in [0.1, 0.15) is 36.0 Å². The summed E-state index contributed by atoms with van der Waals surface area (Å²) in [6.07, 6.45) is 0.472. The van der Waals surface area contributed by atoms with Gasteiger partial charge in [0.05, 0.1) is 11.8 Å². The van der Waals surface area contributed by atoms with Crippen LogP contribution in [0.15, 0.2) is 24.5 Å². The van der Waals surface area contributed by atoms with E-state index in [1.807, 2.05) is 0 Å². The molecular formula is C18H18F3N3O4. The lowest BCUT2D eigenvalue weighted by molar-refractivity contribution is -0.199. The lowest BCUT2D eigenvalue weighted by Crippen LogP contribution is -2.43. The van der Waals surface area contributed by atoms with E-state index in [1.54, 1.807) is 0 Å². The van der Waals surface area contributed by atoms with Gasteiger partial charge in [0.15, 0.2) is 5.65 Å². The summed E-state index contributed by atoms with van der Waals surface area (Å²) in [4.78, 5) is 34.4. The van der Waals surface area contributed by atoms with E-state index >= 15 is 0 Å². The number of ether oxygens (including phenoxy) is 1. The zero-order valence-electron chi connectivity index (χ0n) is 15.0. The van der Waals surface area contributed by atoms with Gasteiger partial charge in [-0.15, -0.1) is 0 Å². The molecule has 2 aromatic heterocycles. The van der Waals surface area contributed by atoms with E-state index in [9.17, 15) is 22.8 Å². The number of rotatable bonds is 3. The third-order valence-electron chi connectivity index (χ3n) is 5.49. The molecule has 150 valence electrons. The minimum atomic E-state index is -5.17. The van der Waals surface area contributed by atoms with Gasteiger partial charge < -0.3 is 14.5 Å². The summed E-state index contributed by atoms with van der Waals surface area (Å²) in [5.74, 6) is -3.07. The van der Waals surface area contributed by atoms with Crippen molar-refractivity contribution in [3.63, 3.8) is 0 Å². The lowest BCUT2D eigenvalue weighted by Gasteiger charge is -2.35. The number of fused-ring (bicyclic) bond motifs is 3. The standard InChI is InChI=1S/C18H18F3N3O4/c1-23-10-4-5-11(23)8-12(7-10)27-16(25)14-9-24(28-17(26)18(19,20)21)15-13(14)3-2-6-22-15/h2-3,6,9-12H,4-5,7-8H2,1H3/t10-,11+,12?. The zero-order valence-corrected chi connectivity index (χ0v) is 15.0. The van der Waals surface area contributed by atoms with Gasteiger partial charge in [-0.1, -0.05) is 0 Å². The van der Waals surface area contributed by atoms with Crippen molar-refractivity contribution in [3.05, 3.63) is 30.1 Å². The Labute approximate surface area is 158 Å². The quantitative estimate of drug-likeness (QED) is 0.741. The van der Waals surface area contributed by atoms with Crippen LogP contribution >= 0.6 is 0 Å². The molecule has 28 heavy (non-hydrogen) atoms. The van der Waals surface area contributed by atoms with E-state index in [-0.39, 0.29) is 22.7 Å². The molecular weight excluding hydrogens is 379 g/mol. The Hall–Kier alpha value is -2.62. The molecule has 0 aliphatic carbocycles. The van der Waals surface area contributed by atoms with Crippen LogP contribution in [0, 0.1) is 0 Å². The van der Waals surface area contributed by atoms with Gasteiger partial charge in [-0.05, 0) is 32.0 Å². The highest BCUT2D eigenvalue weighted by Gasteiger charge is 2.43. The maximum atomic E-state index is 12.7. The molecule has 2 aliphatic heterocycles. The largest absolute Gasteiger partial charge is 0.493 e. The van der Waals surface area contributed by atoms with E-state index in [1.165, 1.54) is 18.3 Å². The van der Waals surface area contributed by atoms with Crippen LogP contribution in [0.3, 0.4) is 0 Å². The van der Waals surface area contributed by atoms with E-state index < -0.39 is 18.1 Å². The van der Waals surface area contributed by atoms with E-state index in [4.69, 9.17) is 4.74 Å². The van der Waals surface area contributed by atoms with Gasteiger partial charge in [0.25, 0.3) is 0 Å². The van der Waals surface area contributed by atoms with Gasteiger partial charge in [-0.3, -0.25) is 0 Å². The molecule has 3 atom stereocenters. The number of hydrogen-bond donors (Lipinski definition) is 0. The molecule has 0 saturated carbocycles. The van der Waals surface area contributed by atoms with Crippen molar-refractivity contribution in [1.29, 1.82) is 0 Å². The highest BCUT2D eigenvalue weighted by atomic mass is 19.4. The number of pyridine rings is 1. The van der Waals surface area contributed by atoms with Gasteiger partial charge in [0.1, 0.15) is 6.10 Å². The van der Waals surface area contributed by atoms with Crippen LogP contribution in [-0.4, -0.2) is 58.0 Å². The third-order valence-corrected chi connectivity index (χ3v) is 5.49. The molecule has 0 spiro atoms. The number of carbonyl (C=O) groups excluding carboxylic acids is 2. The molecule has 0 N–H and O–H groups in total. The number of alkyl halides is 3. The summed E-state index contributed by atoms with van der Waals surface area (Å²) in [6.45, 7) is 0. The summed E-state index contributed by atoms with van der Waals surface area (Å²) >= 11 is 0. The number of esters is 1.